The van der Waals surface area contributed by atoms with Gasteiger partial charge in [0.15, 0.2) is 0 Å². The van der Waals surface area contributed by atoms with E-state index in [0.717, 1.165) is 6.07 Å². The molecule has 5 nitrogen and oxygen atoms in total. The number of allylic oxidation sites excluding steroid dienone is 1. The van der Waals surface area contributed by atoms with Crippen LogP contribution in [0.3, 0.4) is 0 Å². The molecule has 8 heteroatoms. The van der Waals surface area contributed by atoms with Crippen LogP contribution in [0.5, 0.6) is 0 Å². The molecule has 0 saturated carbocycles. The first-order chi connectivity index (χ1) is 13.6. The first-order valence-electron chi connectivity index (χ1n) is 8.82. The largest absolute Gasteiger partial charge is 0.465 e. The molecule has 0 N–H and O–H groups in total. The first kappa shape index (κ1) is 20.6. The number of carbonyl (C=O) groups is 2. The third-order valence-electron chi connectivity index (χ3n) is 4.89. The van der Waals surface area contributed by atoms with Crippen LogP contribution in [0.4, 0.5) is 13.2 Å². The molecule has 0 saturated heterocycles. The number of para-hydroxylation sites is 1. The molecule has 152 valence electrons. The van der Waals surface area contributed by atoms with E-state index in [4.69, 9.17) is 0 Å². The van der Waals surface area contributed by atoms with Crippen molar-refractivity contribution in [1.82, 2.24) is 4.57 Å². The van der Waals surface area contributed by atoms with Crippen molar-refractivity contribution >= 4 is 17.5 Å². The van der Waals surface area contributed by atoms with Crippen molar-refractivity contribution in [3.63, 3.8) is 0 Å². The van der Waals surface area contributed by atoms with E-state index in [0.29, 0.717) is 17.0 Å². The van der Waals surface area contributed by atoms with Gasteiger partial charge in [0.2, 0.25) is 5.78 Å². The molecule has 0 amide bonds. The van der Waals surface area contributed by atoms with Gasteiger partial charge in [0.25, 0.3) is 0 Å². The molecule has 29 heavy (non-hydrogen) atoms. The average molecular weight is 404 g/mol. The van der Waals surface area contributed by atoms with Crippen molar-refractivity contribution in [3.05, 3.63) is 64.1 Å². The van der Waals surface area contributed by atoms with E-state index in [2.05, 4.69) is 9.73 Å². The summed E-state index contributed by atoms with van der Waals surface area (Å²) < 4.78 is 46.5. The van der Waals surface area contributed by atoms with Crippen LogP contribution in [0.2, 0.25) is 0 Å². The second-order valence-electron chi connectivity index (χ2n) is 6.76. The topological polar surface area (TPSA) is 60.7 Å². The normalized spacial score (nSPS) is 14.4. The molecule has 0 aliphatic carbocycles. The van der Waals surface area contributed by atoms with Crippen LogP contribution in [0.25, 0.3) is 5.69 Å². The van der Waals surface area contributed by atoms with E-state index in [-0.39, 0.29) is 29.1 Å². The number of aromatic nitrogens is 1. The number of aryl methyl sites for hydroxylation is 1. The van der Waals surface area contributed by atoms with Gasteiger partial charge in [-0.2, -0.15) is 13.2 Å². The highest BCUT2D eigenvalue weighted by molar-refractivity contribution is 6.53. The molecule has 3 rings (SSSR count). The molecule has 0 spiro atoms. The molecule has 0 fully saturated rings. The molecule has 1 aliphatic heterocycles. The molecule has 0 atom stereocenters. The van der Waals surface area contributed by atoms with Crippen LogP contribution in [0, 0.1) is 13.8 Å². The standard InChI is InChI=1S/C21H19F3N2O3/c1-11-9-14(10-16-19(27)18(12(2)25-16)20(28)29-4)13(3)26(11)17-8-6-5-7-15(17)21(22,23)24/h5-9H,10H2,1-4H3. The zero-order valence-electron chi connectivity index (χ0n) is 16.3. The molecule has 1 aromatic heterocycles. The summed E-state index contributed by atoms with van der Waals surface area (Å²) in [5, 5.41) is 0. The van der Waals surface area contributed by atoms with Crippen LogP contribution < -0.4 is 0 Å². The minimum Gasteiger partial charge on any atom is -0.465 e. The number of ketones is 1. The number of benzene rings is 1. The summed E-state index contributed by atoms with van der Waals surface area (Å²) in [6, 6.07) is 7.06. The number of aliphatic imine (C=N–C) groups is 1. The number of Topliss-reactive ketones (excluding diaryl/α,β-unsaturated/α-hetero) is 1. The maximum atomic E-state index is 13.5. The van der Waals surface area contributed by atoms with E-state index >= 15 is 0 Å². The third kappa shape index (κ3) is 3.62. The number of nitrogens with zero attached hydrogens (tertiary/aromatic N) is 2. The predicted molar refractivity (Wildman–Crippen MR) is 101 cm³/mol. The van der Waals surface area contributed by atoms with Gasteiger partial charge in [-0.15, -0.1) is 0 Å². The molecule has 0 unspecified atom stereocenters. The minimum atomic E-state index is -4.50. The number of esters is 1. The quantitative estimate of drug-likeness (QED) is 0.569. The summed E-state index contributed by atoms with van der Waals surface area (Å²) in [5.74, 6) is -1.27. The Labute approximate surface area is 165 Å². The lowest BCUT2D eigenvalue weighted by Crippen LogP contribution is -2.21. The SMILES string of the molecule is COC(=O)C1=C(C)N=C(Cc2cc(C)n(-c3ccccc3C(F)(F)F)c2C)C1=O. The lowest BCUT2D eigenvalue weighted by atomic mass is 10.0. The van der Waals surface area contributed by atoms with Gasteiger partial charge in [-0.3, -0.25) is 9.79 Å². The Kier molecular flexibility index (Phi) is 5.21. The number of ether oxygens (including phenoxy) is 1. The molecular formula is C21H19F3N2O3. The van der Waals surface area contributed by atoms with Gasteiger partial charge in [0.05, 0.1) is 29.8 Å². The summed E-state index contributed by atoms with van der Waals surface area (Å²) in [6.45, 7) is 4.93. The number of hydrogen-bond acceptors (Lipinski definition) is 4. The Bertz CT molecular complexity index is 1080. The highest BCUT2D eigenvalue weighted by Gasteiger charge is 2.35. The molecular weight excluding hydrogens is 385 g/mol. The van der Waals surface area contributed by atoms with E-state index in [1.807, 2.05) is 0 Å². The Balaban J connectivity index is 1.99. The lowest BCUT2D eigenvalue weighted by molar-refractivity contribution is -0.138. The van der Waals surface area contributed by atoms with E-state index in [1.54, 1.807) is 32.9 Å². The van der Waals surface area contributed by atoms with Crippen molar-refractivity contribution in [1.29, 1.82) is 0 Å². The lowest BCUT2D eigenvalue weighted by Gasteiger charge is -2.17. The third-order valence-corrected chi connectivity index (χ3v) is 4.89. The maximum absolute atomic E-state index is 13.5. The van der Waals surface area contributed by atoms with Crippen molar-refractivity contribution in [2.45, 2.75) is 33.4 Å². The summed E-state index contributed by atoms with van der Waals surface area (Å²) in [6.07, 6.45) is -4.40. The summed E-state index contributed by atoms with van der Waals surface area (Å²) in [4.78, 5) is 28.5. The van der Waals surface area contributed by atoms with E-state index in [1.165, 1.54) is 23.8 Å². The number of hydrogen-bond donors (Lipinski definition) is 0. The number of rotatable bonds is 4. The van der Waals surface area contributed by atoms with Gasteiger partial charge >= 0.3 is 12.1 Å². The van der Waals surface area contributed by atoms with Crippen molar-refractivity contribution in [3.8, 4) is 5.69 Å². The zero-order valence-corrected chi connectivity index (χ0v) is 16.3. The van der Waals surface area contributed by atoms with Gasteiger partial charge in [-0.25, -0.2) is 4.79 Å². The van der Waals surface area contributed by atoms with Gasteiger partial charge in [-0.05, 0) is 44.5 Å². The number of alkyl halides is 3. The number of halogens is 3. The van der Waals surface area contributed by atoms with Gasteiger partial charge < -0.3 is 9.30 Å². The Hall–Kier alpha value is -3.16. The van der Waals surface area contributed by atoms with Crippen LogP contribution in [-0.2, 0) is 26.9 Å². The van der Waals surface area contributed by atoms with Gasteiger partial charge in [-0.1, -0.05) is 12.1 Å². The van der Waals surface area contributed by atoms with Gasteiger partial charge in [0.1, 0.15) is 5.57 Å². The van der Waals surface area contributed by atoms with Crippen molar-refractivity contribution < 1.29 is 27.5 Å². The number of carbonyl (C=O) groups excluding carboxylic acids is 2. The average Bonchev–Trinajstić information content (AvgIpc) is 3.09. The van der Waals surface area contributed by atoms with E-state index in [9.17, 15) is 22.8 Å². The fraction of sp³-hybridized carbons (Fsp3) is 0.286. The molecule has 1 aromatic carbocycles. The maximum Gasteiger partial charge on any atom is 0.418 e. The monoisotopic (exact) mass is 404 g/mol. The van der Waals surface area contributed by atoms with Crippen molar-refractivity contribution in [2.75, 3.05) is 7.11 Å². The molecule has 2 heterocycles. The summed E-state index contributed by atoms with van der Waals surface area (Å²) in [7, 11) is 1.18. The Morgan fingerprint density at radius 1 is 1.17 bits per heavy atom. The van der Waals surface area contributed by atoms with Gasteiger partial charge in [0, 0.05) is 17.8 Å². The highest BCUT2D eigenvalue weighted by Crippen LogP contribution is 2.35. The summed E-state index contributed by atoms with van der Waals surface area (Å²) in [5.41, 5.74) is 1.42. The smallest absolute Gasteiger partial charge is 0.418 e. The Morgan fingerprint density at radius 3 is 2.45 bits per heavy atom. The minimum absolute atomic E-state index is 0.0190. The second-order valence-corrected chi connectivity index (χ2v) is 6.76. The van der Waals surface area contributed by atoms with Crippen molar-refractivity contribution in [2.24, 2.45) is 4.99 Å². The fourth-order valence-corrected chi connectivity index (χ4v) is 3.55. The second kappa shape index (κ2) is 7.35. The first-order valence-corrected chi connectivity index (χ1v) is 8.82. The Morgan fingerprint density at radius 2 is 1.83 bits per heavy atom. The predicted octanol–water partition coefficient (Wildman–Crippen LogP) is 4.13. The summed E-state index contributed by atoms with van der Waals surface area (Å²) >= 11 is 0. The van der Waals surface area contributed by atoms with Crippen LogP contribution in [-0.4, -0.2) is 29.1 Å². The zero-order chi connectivity index (χ0) is 21.5. The highest BCUT2D eigenvalue weighted by atomic mass is 19.4. The van der Waals surface area contributed by atoms with Crippen LogP contribution in [0.15, 0.2) is 46.6 Å². The van der Waals surface area contributed by atoms with Crippen LogP contribution in [0.1, 0.15) is 29.4 Å². The fourth-order valence-electron chi connectivity index (χ4n) is 3.55. The molecule has 1 aliphatic rings. The number of methoxy groups -OCH3 is 1. The molecule has 0 radical (unpaired) electrons. The molecule has 2 aromatic rings. The van der Waals surface area contributed by atoms with E-state index < -0.39 is 23.5 Å². The van der Waals surface area contributed by atoms with Crippen LogP contribution >= 0.6 is 0 Å². The molecule has 0 bridgehead atoms.